The number of nitrogens with zero attached hydrogens (tertiary/aromatic N) is 1. The van der Waals surface area contributed by atoms with E-state index in [1.54, 1.807) is 7.11 Å². The molecule has 1 aromatic carbocycles. The standard InChI is InChI=1S/C18H22N2O3S/c1-22-13-7-5-12(6-8-13)15-14(11-20-9-3-4-10-20)24-17(19)16(15)18(21)23-2/h5-8H,3-4,9-11,19H2,1-2H3. The highest BCUT2D eigenvalue weighted by atomic mass is 32.1. The number of nitrogen functional groups attached to an aromatic ring is 1. The lowest BCUT2D eigenvalue weighted by Crippen LogP contribution is -2.18. The molecule has 1 aliphatic rings. The first kappa shape index (κ1) is 16.8. The Morgan fingerprint density at radius 1 is 1.21 bits per heavy atom. The van der Waals surface area contributed by atoms with Crippen molar-refractivity contribution in [1.82, 2.24) is 4.90 Å². The largest absolute Gasteiger partial charge is 0.497 e. The van der Waals surface area contributed by atoms with Gasteiger partial charge in [0.25, 0.3) is 0 Å². The summed E-state index contributed by atoms with van der Waals surface area (Å²) in [6, 6.07) is 7.70. The zero-order valence-electron chi connectivity index (χ0n) is 14.0. The van der Waals surface area contributed by atoms with Crippen molar-refractivity contribution < 1.29 is 14.3 Å². The van der Waals surface area contributed by atoms with Crippen LogP contribution < -0.4 is 10.5 Å². The fourth-order valence-electron chi connectivity index (χ4n) is 3.12. The van der Waals surface area contributed by atoms with E-state index >= 15 is 0 Å². The van der Waals surface area contributed by atoms with Crippen LogP contribution in [0.4, 0.5) is 5.00 Å². The fraction of sp³-hybridized carbons (Fsp3) is 0.389. The van der Waals surface area contributed by atoms with Gasteiger partial charge in [-0.25, -0.2) is 4.79 Å². The average Bonchev–Trinajstić information content (AvgIpc) is 3.22. The Morgan fingerprint density at radius 2 is 1.88 bits per heavy atom. The molecule has 128 valence electrons. The third-order valence-electron chi connectivity index (χ3n) is 4.34. The number of rotatable bonds is 5. The number of anilines is 1. The maximum absolute atomic E-state index is 12.3. The topological polar surface area (TPSA) is 64.8 Å². The third kappa shape index (κ3) is 3.25. The maximum Gasteiger partial charge on any atom is 0.341 e. The van der Waals surface area contributed by atoms with Gasteiger partial charge < -0.3 is 15.2 Å². The smallest absolute Gasteiger partial charge is 0.341 e. The molecule has 0 aliphatic carbocycles. The van der Waals surface area contributed by atoms with Gasteiger partial charge in [-0.15, -0.1) is 11.3 Å². The summed E-state index contributed by atoms with van der Waals surface area (Å²) in [5.41, 5.74) is 8.48. The highest BCUT2D eigenvalue weighted by molar-refractivity contribution is 7.17. The van der Waals surface area contributed by atoms with Gasteiger partial charge >= 0.3 is 5.97 Å². The molecule has 5 nitrogen and oxygen atoms in total. The summed E-state index contributed by atoms with van der Waals surface area (Å²) in [7, 11) is 3.02. The monoisotopic (exact) mass is 346 g/mol. The number of esters is 1. The molecule has 3 rings (SSSR count). The molecule has 2 aromatic rings. The van der Waals surface area contributed by atoms with Gasteiger partial charge in [-0.05, 0) is 43.6 Å². The number of thiophene rings is 1. The highest BCUT2D eigenvalue weighted by Crippen LogP contribution is 2.40. The van der Waals surface area contributed by atoms with Gasteiger partial charge in [-0.3, -0.25) is 4.90 Å². The van der Waals surface area contributed by atoms with Crippen LogP contribution in [0.1, 0.15) is 28.1 Å². The Hall–Kier alpha value is -2.05. The molecule has 0 saturated carbocycles. The normalized spacial score (nSPS) is 14.8. The second-order valence-corrected chi connectivity index (χ2v) is 6.98. The summed E-state index contributed by atoms with van der Waals surface area (Å²) >= 11 is 1.48. The summed E-state index contributed by atoms with van der Waals surface area (Å²) in [4.78, 5) is 15.8. The lowest BCUT2D eigenvalue weighted by molar-refractivity contribution is 0.0603. The van der Waals surface area contributed by atoms with E-state index in [1.165, 1.54) is 31.3 Å². The molecule has 1 fully saturated rings. The van der Waals surface area contributed by atoms with Gasteiger partial charge in [0.1, 0.15) is 16.3 Å². The second-order valence-electron chi connectivity index (χ2n) is 5.84. The van der Waals surface area contributed by atoms with Gasteiger partial charge in [0, 0.05) is 17.0 Å². The van der Waals surface area contributed by atoms with Crippen LogP contribution in [0.2, 0.25) is 0 Å². The van der Waals surface area contributed by atoms with Crippen molar-refractivity contribution >= 4 is 22.3 Å². The van der Waals surface area contributed by atoms with Crippen LogP contribution >= 0.6 is 11.3 Å². The Balaban J connectivity index is 2.05. The molecule has 1 saturated heterocycles. The number of methoxy groups -OCH3 is 2. The minimum absolute atomic E-state index is 0.387. The number of ether oxygens (including phenoxy) is 2. The van der Waals surface area contributed by atoms with Crippen molar-refractivity contribution in [2.24, 2.45) is 0 Å². The van der Waals surface area contributed by atoms with E-state index in [1.807, 2.05) is 24.3 Å². The number of hydrogen-bond acceptors (Lipinski definition) is 6. The molecule has 0 bridgehead atoms. The SMILES string of the molecule is COC(=O)c1c(N)sc(CN2CCCC2)c1-c1ccc(OC)cc1. The van der Waals surface area contributed by atoms with Crippen molar-refractivity contribution in [3.05, 3.63) is 34.7 Å². The lowest BCUT2D eigenvalue weighted by Gasteiger charge is -2.15. The van der Waals surface area contributed by atoms with E-state index in [0.29, 0.717) is 10.6 Å². The third-order valence-corrected chi connectivity index (χ3v) is 5.35. The molecule has 0 radical (unpaired) electrons. The van der Waals surface area contributed by atoms with E-state index in [2.05, 4.69) is 4.90 Å². The van der Waals surface area contributed by atoms with Crippen molar-refractivity contribution in [3.63, 3.8) is 0 Å². The lowest BCUT2D eigenvalue weighted by atomic mass is 10.0. The Kier molecular flexibility index (Phi) is 5.06. The highest BCUT2D eigenvalue weighted by Gasteiger charge is 2.26. The first-order valence-corrected chi connectivity index (χ1v) is 8.82. The molecule has 1 aliphatic heterocycles. The molecule has 0 unspecified atom stereocenters. The van der Waals surface area contributed by atoms with Crippen LogP contribution in [0, 0.1) is 0 Å². The van der Waals surface area contributed by atoms with Gasteiger partial charge in [-0.2, -0.15) is 0 Å². The van der Waals surface area contributed by atoms with Gasteiger partial charge in [-0.1, -0.05) is 12.1 Å². The quantitative estimate of drug-likeness (QED) is 0.841. The van der Waals surface area contributed by atoms with E-state index in [0.717, 1.165) is 41.4 Å². The fourth-order valence-corrected chi connectivity index (χ4v) is 4.24. The first-order chi connectivity index (χ1) is 11.6. The summed E-state index contributed by atoms with van der Waals surface area (Å²) < 4.78 is 10.2. The van der Waals surface area contributed by atoms with E-state index in [-0.39, 0.29) is 5.97 Å². The number of nitrogens with two attached hydrogens (primary N) is 1. The van der Waals surface area contributed by atoms with Crippen molar-refractivity contribution in [1.29, 1.82) is 0 Å². The van der Waals surface area contributed by atoms with Crippen molar-refractivity contribution in [3.8, 4) is 16.9 Å². The molecule has 1 aromatic heterocycles. The Labute approximate surface area is 146 Å². The number of carbonyl (C=O) groups is 1. The minimum Gasteiger partial charge on any atom is -0.497 e. The van der Waals surface area contributed by atoms with Gasteiger partial charge in [0.2, 0.25) is 0 Å². The molecule has 0 amide bonds. The Bertz CT molecular complexity index is 719. The van der Waals surface area contributed by atoms with E-state index in [9.17, 15) is 4.79 Å². The van der Waals surface area contributed by atoms with Gasteiger partial charge in [0.05, 0.1) is 14.2 Å². The predicted molar refractivity (Wildman–Crippen MR) is 96.6 cm³/mol. The maximum atomic E-state index is 12.3. The van der Waals surface area contributed by atoms with E-state index in [4.69, 9.17) is 15.2 Å². The molecular formula is C18H22N2O3S. The minimum atomic E-state index is -0.387. The zero-order chi connectivity index (χ0) is 17.1. The second kappa shape index (κ2) is 7.23. The Morgan fingerprint density at radius 3 is 2.46 bits per heavy atom. The molecular weight excluding hydrogens is 324 g/mol. The van der Waals surface area contributed by atoms with Crippen LogP contribution in [0.15, 0.2) is 24.3 Å². The molecule has 2 heterocycles. The number of hydrogen-bond donors (Lipinski definition) is 1. The zero-order valence-corrected chi connectivity index (χ0v) is 14.8. The molecule has 0 spiro atoms. The number of likely N-dealkylation sites (tertiary alicyclic amines) is 1. The van der Waals surface area contributed by atoms with Gasteiger partial charge in [0.15, 0.2) is 0 Å². The van der Waals surface area contributed by atoms with Crippen LogP contribution in [-0.4, -0.2) is 38.2 Å². The molecule has 2 N–H and O–H groups in total. The first-order valence-electron chi connectivity index (χ1n) is 8.00. The van der Waals surface area contributed by atoms with Crippen LogP contribution in [-0.2, 0) is 11.3 Å². The molecule has 0 atom stereocenters. The van der Waals surface area contributed by atoms with E-state index < -0.39 is 0 Å². The number of benzene rings is 1. The summed E-state index contributed by atoms with van der Waals surface area (Å²) in [5.74, 6) is 0.393. The average molecular weight is 346 g/mol. The van der Waals surface area contributed by atoms with Crippen LogP contribution in [0.5, 0.6) is 5.75 Å². The van der Waals surface area contributed by atoms with Crippen molar-refractivity contribution in [2.45, 2.75) is 19.4 Å². The number of carbonyl (C=O) groups excluding carboxylic acids is 1. The molecule has 24 heavy (non-hydrogen) atoms. The van der Waals surface area contributed by atoms with Crippen LogP contribution in [0.25, 0.3) is 11.1 Å². The summed E-state index contributed by atoms with van der Waals surface area (Å²) in [5, 5.41) is 0.516. The predicted octanol–water partition coefficient (Wildman–Crippen LogP) is 3.39. The summed E-state index contributed by atoms with van der Waals surface area (Å²) in [6.45, 7) is 2.99. The van der Waals surface area contributed by atoms with Crippen molar-refractivity contribution in [2.75, 3.05) is 33.0 Å². The summed E-state index contributed by atoms with van der Waals surface area (Å²) in [6.07, 6.45) is 2.45. The van der Waals surface area contributed by atoms with Crippen LogP contribution in [0.3, 0.4) is 0 Å². The molecule has 6 heteroatoms.